The van der Waals surface area contributed by atoms with E-state index in [1.54, 1.807) is 0 Å². The third kappa shape index (κ3) is 5.09. The Morgan fingerprint density at radius 2 is 1.50 bits per heavy atom. The largest absolute Gasteiger partial charge is 0.316 e. The van der Waals surface area contributed by atoms with E-state index in [1.165, 1.54) is 0 Å². The van der Waals surface area contributed by atoms with Gasteiger partial charge in [-0.15, -0.1) is 0 Å². The minimum Gasteiger partial charge on any atom is -0.316 e. The SMILES string of the molecule is O=C1CCCNC1.O=C1CCNCC1. The molecule has 2 aliphatic heterocycles. The highest BCUT2D eigenvalue weighted by atomic mass is 16.1. The number of rotatable bonds is 0. The van der Waals surface area contributed by atoms with Crippen LogP contribution in [0.2, 0.25) is 0 Å². The normalized spacial score (nSPS) is 22.6. The summed E-state index contributed by atoms with van der Waals surface area (Å²) in [5.74, 6) is 0.755. The monoisotopic (exact) mass is 198 g/mol. The van der Waals surface area contributed by atoms with Crippen molar-refractivity contribution in [3.8, 4) is 0 Å². The quantitative estimate of drug-likeness (QED) is 0.569. The molecule has 0 bridgehead atoms. The zero-order valence-electron chi connectivity index (χ0n) is 8.47. The number of carbonyl (C=O) groups excluding carboxylic acids is 2. The molecule has 2 heterocycles. The van der Waals surface area contributed by atoms with Gasteiger partial charge in [0.15, 0.2) is 0 Å². The van der Waals surface area contributed by atoms with Gasteiger partial charge in [-0.3, -0.25) is 9.59 Å². The zero-order chi connectivity index (χ0) is 10.2. The first-order chi connectivity index (χ1) is 6.79. The lowest BCUT2D eigenvalue weighted by atomic mass is 10.1. The fourth-order valence-corrected chi connectivity index (χ4v) is 1.43. The average Bonchev–Trinajstić information content (AvgIpc) is 2.21. The first-order valence-corrected chi connectivity index (χ1v) is 5.24. The Morgan fingerprint density at radius 3 is 1.79 bits per heavy atom. The molecule has 0 radical (unpaired) electrons. The van der Waals surface area contributed by atoms with Crippen molar-refractivity contribution in [1.82, 2.24) is 10.6 Å². The van der Waals surface area contributed by atoms with Crippen molar-refractivity contribution in [2.24, 2.45) is 0 Å². The van der Waals surface area contributed by atoms with Crippen LogP contribution in [0.4, 0.5) is 0 Å². The van der Waals surface area contributed by atoms with Gasteiger partial charge in [-0.25, -0.2) is 0 Å². The van der Waals surface area contributed by atoms with E-state index in [1.807, 2.05) is 0 Å². The van der Waals surface area contributed by atoms with E-state index in [4.69, 9.17) is 0 Å². The first kappa shape index (κ1) is 11.3. The maximum absolute atomic E-state index is 10.4. The molecule has 4 nitrogen and oxygen atoms in total. The minimum absolute atomic E-state index is 0.353. The second kappa shape index (κ2) is 6.68. The molecule has 0 spiro atoms. The molecule has 2 rings (SSSR count). The summed E-state index contributed by atoms with van der Waals surface area (Å²) < 4.78 is 0. The second-order valence-corrected chi connectivity index (χ2v) is 3.61. The van der Waals surface area contributed by atoms with Crippen LogP contribution >= 0.6 is 0 Å². The van der Waals surface area contributed by atoms with Crippen molar-refractivity contribution in [2.75, 3.05) is 26.2 Å². The highest BCUT2D eigenvalue weighted by molar-refractivity contribution is 5.81. The fourth-order valence-electron chi connectivity index (χ4n) is 1.43. The van der Waals surface area contributed by atoms with E-state index in [2.05, 4.69) is 10.6 Å². The molecule has 0 saturated carbocycles. The van der Waals surface area contributed by atoms with E-state index in [0.717, 1.165) is 45.3 Å². The Balaban J connectivity index is 0.000000140. The number of ketones is 2. The van der Waals surface area contributed by atoms with E-state index in [9.17, 15) is 9.59 Å². The Bertz CT molecular complexity index is 166. The summed E-state index contributed by atoms with van der Waals surface area (Å²) in [5.41, 5.74) is 0. The molecule has 2 N–H and O–H groups in total. The van der Waals surface area contributed by atoms with Crippen LogP contribution in [0.5, 0.6) is 0 Å². The molecule has 4 heteroatoms. The Labute approximate surface area is 84.4 Å². The lowest BCUT2D eigenvalue weighted by molar-refractivity contribution is -0.120. The van der Waals surface area contributed by atoms with Crippen LogP contribution in [0.3, 0.4) is 0 Å². The number of hydrogen-bond donors (Lipinski definition) is 2. The topological polar surface area (TPSA) is 58.2 Å². The Kier molecular flexibility index (Phi) is 5.40. The van der Waals surface area contributed by atoms with Crippen molar-refractivity contribution < 1.29 is 9.59 Å². The van der Waals surface area contributed by atoms with Crippen LogP contribution in [0.1, 0.15) is 25.7 Å². The maximum atomic E-state index is 10.4. The average molecular weight is 198 g/mol. The molecule has 2 fully saturated rings. The molecule has 80 valence electrons. The summed E-state index contributed by atoms with van der Waals surface area (Å²) >= 11 is 0. The van der Waals surface area contributed by atoms with Gasteiger partial charge in [-0.05, 0) is 13.0 Å². The number of Topliss-reactive ketones (excluding diaryl/α,β-unsaturated/α-hetero) is 2. The van der Waals surface area contributed by atoms with Crippen LogP contribution in [0, 0.1) is 0 Å². The summed E-state index contributed by atoms with van der Waals surface area (Å²) in [6, 6.07) is 0. The van der Waals surface area contributed by atoms with Gasteiger partial charge in [-0.2, -0.15) is 0 Å². The van der Waals surface area contributed by atoms with E-state index in [0.29, 0.717) is 18.1 Å². The predicted molar refractivity (Wildman–Crippen MR) is 54.2 cm³/mol. The summed E-state index contributed by atoms with van der Waals surface area (Å²) in [6.07, 6.45) is 3.28. The van der Waals surface area contributed by atoms with Gasteiger partial charge < -0.3 is 10.6 Å². The standard InChI is InChI=1S/2C5H9NO/c7-5-1-3-6-4-2-5;7-5-2-1-3-6-4-5/h2*6H,1-4H2. The molecular weight excluding hydrogens is 180 g/mol. The van der Waals surface area contributed by atoms with E-state index < -0.39 is 0 Å². The predicted octanol–water partition coefficient (Wildman–Crippen LogP) is -0.122. The minimum atomic E-state index is 0.353. The van der Waals surface area contributed by atoms with E-state index >= 15 is 0 Å². The van der Waals surface area contributed by atoms with Gasteiger partial charge in [0.1, 0.15) is 11.6 Å². The molecule has 0 aliphatic carbocycles. The lowest BCUT2D eigenvalue weighted by Gasteiger charge is -2.08. The molecule has 2 saturated heterocycles. The third-order valence-electron chi connectivity index (χ3n) is 2.29. The van der Waals surface area contributed by atoms with E-state index in [-0.39, 0.29) is 0 Å². The third-order valence-corrected chi connectivity index (χ3v) is 2.29. The molecule has 0 amide bonds. The van der Waals surface area contributed by atoms with Gasteiger partial charge in [0, 0.05) is 32.4 Å². The van der Waals surface area contributed by atoms with Crippen LogP contribution in [0.15, 0.2) is 0 Å². The van der Waals surface area contributed by atoms with Gasteiger partial charge >= 0.3 is 0 Å². The first-order valence-electron chi connectivity index (χ1n) is 5.24. The molecule has 0 aromatic heterocycles. The van der Waals surface area contributed by atoms with Gasteiger partial charge in [0.25, 0.3) is 0 Å². The number of hydrogen-bond acceptors (Lipinski definition) is 4. The molecule has 0 aromatic carbocycles. The van der Waals surface area contributed by atoms with Crippen molar-refractivity contribution in [2.45, 2.75) is 25.7 Å². The smallest absolute Gasteiger partial charge is 0.146 e. The number of nitrogens with one attached hydrogen (secondary N) is 2. The highest BCUT2D eigenvalue weighted by Gasteiger charge is 2.05. The molecule has 14 heavy (non-hydrogen) atoms. The van der Waals surface area contributed by atoms with Crippen molar-refractivity contribution >= 4 is 11.6 Å². The summed E-state index contributed by atoms with van der Waals surface area (Å²) in [7, 11) is 0. The molecule has 0 aromatic rings. The molecule has 2 aliphatic rings. The van der Waals surface area contributed by atoms with Crippen molar-refractivity contribution in [3.05, 3.63) is 0 Å². The van der Waals surface area contributed by atoms with Gasteiger partial charge in [0.05, 0.1) is 6.54 Å². The Morgan fingerprint density at radius 1 is 0.786 bits per heavy atom. The zero-order valence-corrected chi connectivity index (χ0v) is 8.47. The molecule has 0 unspecified atom stereocenters. The molecular formula is C10H18N2O2. The van der Waals surface area contributed by atoms with Crippen LogP contribution in [0.25, 0.3) is 0 Å². The van der Waals surface area contributed by atoms with Crippen LogP contribution in [-0.2, 0) is 9.59 Å². The second-order valence-electron chi connectivity index (χ2n) is 3.61. The van der Waals surface area contributed by atoms with Gasteiger partial charge in [0.2, 0.25) is 0 Å². The maximum Gasteiger partial charge on any atom is 0.146 e. The van der Waals surface area contributed by atoms with Crippen LogP contribution in [-0.4, -0.2) is 37.7 Å². The number of carbonyl (C=O) groups is 2. The lowest BCUT2D eigenvalue weighted by Crippen LogP contribution is -2.29. The highest BCUT2D eigenvalue weighted by Crippen LogP contribution is 1.93. The van der Waals surface area contributed by atoms with Crippen molar-refractivity contribution in [1.29, 1.82) is 0 Å². The fraction of sp³-hybridized carbons (Fsp3) is 0.800. The van der Waals surface area contributed by atoms with Gasteiger partial charge in [-0.1, -0.05) is 0 Å². The summed E-state index contributed by atoms with van der Waals surface area (Å²) in [5, 5.41) is 6.08. The summed E-state index contributed by atoms with van der Waals surface area (Å²) in [6.45, 7) is 3.39. The van der Waals surface area contributed by atoms with Crippen LogP contribution < -0.4 is 10.6 Å². The number of piperidine rings is 2. The molecule has 0 atom stereocenters. The summed E-state index contributed by atoms with van der Waals surface area (Å²) in [4.78, 5) is 20.8. The van der Waals surface area contributed by atoms with Crippen molar-refractivity contribution in [3.63, 3.8) is 0 Å². The Hall–Kier alpha value is -0.740.